The number of benzene rings is 1. The molecule has 3 nitrogen and oxygen atoms in total. The molecule has 1 aromatic rings. The van der Waals surface area contributed by atoms with Crippen molar-refractivity contribution >= 4 is 0 Å². The summed E-state index contributed by atoms with van der Waals surface area (Å²) >= 11 is 0. The van der Waals surface area contributed by atoms with Crippen LogP contribution in [-0.2, 0) is 17.8 Å². The molecule has 0 atom stereocenters. The molecule has 0 bridgehead atoms. The van der Waals surface area contributed by atoms with Gasteiger partial charge >= 0.3 is 0 Å². The van der Waals surface area contributed by atoms with Gasteiger partial charge in [0.1, 0.15) is 0 Å². The Balaban J connectivity index is 2.68. The van der Waals surface area contributed by atoms with E-state index in [1.54, 1.807) is 7.11 Å². The van der Waals surface area contributed by atoms with Crippen LogP contribution in [-0.4, -0.2) is 37.7 Å². The molecule has 0 amide bonds. The summed E-state index contributed by atoms with van der Waals surface area (Å²) in [5, 5.41) is 3.49. The molecule has 0 heterocycles. The Kier molecular flexibility index (Phi) is 8.51. The summed E-state index contributed by atoms with van der Waals surface area (Å²) in [6, 6.07) is 9.26. The van der Waals surface area contributed by atoms with Crippen molar-refractivity contribution in [2.75, 3.05) is 26.8 Å². The maximum Gasteiger partial charge on any atom is 0.0589 e. The van der Waals surface area contributed by atoms with Crippen LogP contribution in [0.4, 0.5) is 0 Å². The predicted molar refractivity (Wildman–Crippen MR) is 85.9 cm³/mol. The third-order valence-corrected chi connectivity index (χ3v) is 3.55. The van der Waals surface area contributed by atoms with Crippen molar-refractivity contribution in [3.63, 3.8) is 0 Å². The minimum absolute atomic E-state index is 0.529. The summed E-state index contributed by atoms with van der Waals surface area (Å²) in [7, 11) is 1.77. The topological polar surface area (TPSA) is 24.5 Å². The Bertz CT molecular complexity index is 366. The van der Waals surface area contributed by atoms with Crippen molar-refractivity contribution in [1.29, 1.82) is 0 Å². The van der Waals surface area contributed by atoms with Gasteiger partial charge < -0.3 is 10.1 Å². The van der Waals surface area contributed by atoms with Crippen LogP contribution in [0.1, 0.15) is 38.3 Å². The Morgan fingerprint density at radius 3 is 2.50 bits per heavy atom. The molecular weight excluding hydrogens is 248 g/mol. The SMILES string of the molecule is CCCNCc1ccccc1CN(CCOC)C(C)C. The Morgan fingerprint density at radius 1 is 1.20 bits per heavy atom. The van der Waals surface area contributed by atoms with Gasteiger partial charge in [-0.3, -0.25) is 4.90 Å². The lowest BCUT2D eigenvalue weighted by Gasteiger charge is -2.27. The molecule has 1 aromatic carbocycles. The maximum absolute atomic E-state index is 5.22. The average Bonchev–Trinajstić information content (AvgIpc) is 2.45. The normalized spacial score (nSPS) is 11.5. The molecule has 0 spiro atoms. The molecule has 0 aliphatic rings. The number of nitrogens with one attached hydrogen (secondary N) is 1. The quantitative estimate of drug-likeness (QED) is 0.666. The monoisotopic (exact) mass is 278 g/mol. The molecule has 114 valence electrons. The van der Waals surface area contributed by atoms with Crippen LogP contribution in [0.2, 0.25) is 0 Å². The highest BCUT2D eigenvalue weighted by Gasteiger charge is 2.11. The zero-order chi connectivity index (χ0) is 14.8. The van der Waals surface area contributed by atoms with Crippen LogP contribution < -0.4 is 5.32 Å². The van der Waals surface area contributed by atoms with E-state index in [2.05, 4.69) is 55.3 Å². The Morgan fingerprint density at radius 2 is 1.90 bits per heavy atom. The Labute approximate surface area is 124 Å². The fraction of sp³-hybridized carbons (Fsp3) is 0.647. The van der Waals surface area contributed by atoms with Gasteiger partial charge in [-0.25, -0.2) is 0 Å². The first kappa shape index (κ1) is 17.2. The van der Waals surface area contributed by atoms with E-state index in [9.17, 15) is 0 Å². The lowest BCUT2D eigenvalue weighted by molar-refractivity contribution is 0.124. The number of ether oxygens (including phenoxy) is 1. The molecule has 20 heavy (non-hydrogen) atoms. The molecule has 0 aromatic heterocycles. The minimum Gasteiger partial charge on any atom is -0.383 e. The molecule has 1 rings (SSSR count). The van der Waals surface area contributed by atoms with Crippen LogP contribution in [0.3, 0.4) is 0 Å². The standard InChI is InChI=1S/C17H30N2O/c1-5-10-18-13-16-8-6-7-9-17(16)14-19(15(2)3)11-12-20-4/h6-9,15,18H,5,10-14H2,1-4H3. The summed E-state index contributed by atoms with van der Waals surface area (Å²) in [4.78, 5) is 2.46. The fourth-order valence-corrected chi connectivity index (χ4v) is 2.23. The lowest BCUT2D eigenvalue weighted by atomic mass is 10.1. The maximum atomic E-state index is 5.22. The fourth-order valence-electron chi connectivity index (χ4n) is 2.23. The van der Waals surface area contributed by atoms with Crippen molar-refractivity contribution < 1.29 is 4.74 Å². The molecule has 1 N–H and O–H groups in total. The van der Waals surface area contributed by atoms with E-state index < -0.39 is 0 Å². The van der Waals surface area contributed by atoms with Gasteiger partial charge in [0.2, 0.25) is 0 Å². The number of hydrogen-bond donors (Lipinski definition) is 1. The first-order valence-electron chi connectivity index (χ1n) is 7.69. The molecule has 0 fully saturated rings. The van der Waals surface area contributed by atoms with Crippen LogP contribution >= 0.6 is 0 Å². The van der Waals surface area contributed by atoms with Crippen LogP contribution in [0.15, 0.2) is 24.3 Å². The summed E-state index contributed by atoms with van der Waals surface area (Å²) < 4.78 is 5.22. The molecule has 0 radical (unpaired) electrons. The van der Waals surface area contributed by atoms with Crippen LogP contribution in [0, 0.1) is 0 Å². The lowest BCUT2D eigenvalue weighted by Crippen LogP contribution is -2.33. The van der Waals surface area contributed by atoms with Gasteiger partial charge in [0.25, 0.3) is 0 Å². The molecular formula is C17H30N2O. The molecule has 0 aliphatic heterocycles. The first-order chi connectivity index (χ1) is 9.69. The van der Waals surface area contributed by atoms with Gasteiger partial charge in [-0.05, 0) is 37.9 Å². The van der Waals surface area contributed by atoms with Gasteiger partial charge in [-0.1, -0.05) is 31.2 Å². The smallest absolute Gasteiger partial charge is 0.0589 e. The summed E-state index contributed by atoms with van der Waals surface area (Å²) in [5.41, 5.74) is 2.82. The van der Waals surface area contributed by atoms with Gasteiger partial charge in [-0.2, -0.15) is 0 Å². The zero-order valence-electron chi connectivity index (χ0n) is 13.5. The second-order valence-corrected chi connectivity index (χ2v) is 5.50. The minimum atomic E-state index is 0.529. The second-order valence-electron chi connectivity index (χ2n) is 5.50. The highest BCUT2D eigenvalue weighted by Crippen LogP contribution is 2.13. The average molecular weight is 278 g/mol. The zero-order valence-corrected chi connectivity index (χ0v) is 13.5. The molecule has 0 aliphatic carbocycles. The van der Waals surface area contributed by atoms with E-state index in [0.717, 1.165) is 32.8 Å². The number of methoxy groups -OCH3 is 1. The summed E-state index contributed by atoms with van der Waals surface area (Å²) in [6.45, 7) is 11.5. The predicted octanol–water partition coefficient (Wildman–Crippen LogP) is 3.04. The molecule has 0 unspecified atom stereocenters. The van der Waals surface area contributed by atoms with Crippen LogP contribution in [0.5, 0.6) is 0 Å². The van der Waals surface area contributed by atoms with E-state index in [1.807, 2.05) is 0 Å². The van der Waals surface area contributed by atoms with Gasteiger partial charge in [0, 0.05) is 32.8 Å². The third kappa shape index (κ3) is 6.04. The van der Waals surface area contributed by atoms with E-state index in [-0.39, 0.29) is 0 Å². The molecule has 0 saturated heterocycles. The number of nitrogens with zero attached hydrogens (tertiary/aromatic N) is 1. The first-order valence-corrected chi connectivity index (χ1v) is 7.69. The largest absolute Gasteiger partial charge is 0.383 e. The highest BCUT2D eigenvalue weighted by molar-refractivity contribution is 5.27. The third-order valence-electron chi connectivity index (χ3n) is 3.55. The van der Waals surface area contributed by atoms with Crippen molar-refractivity contribution in [3.8, 4) is 0 Å². The summed E-state index contributed by atoms with van der Waals surface area (Å²) in [5.74, 6) is 0. The van der Waals surface area contributed by atoms with E-state index in [4.69, 9.17) is 4.74 Å². The van der Waals surface area contributed by atoms with E-state index in [0.29, 0.717) is 6.04 Å². The van der Waals surface area contributed by atoms with Crippen molar-refractivity contribution in [2.24, 2.45) is 0 Å². The van der Waals surface area contributed by atoms with Gasteiger partial charge in [0.15, 0.2) is 0 Å². The molecule has 3 heteroatoms. The molecule has 0 saturated carbocycles. The highest BCUT2D eigenvalue weighted by atomic mass is 16.5. The summed E-state index contributed by atoms with van der Waals surface area (Å²) in [6.07, 6.45) is 1.17. The van der Waals surface area contributed by atoms with Crippen molar-refractivity contribution in [1.82, 2.24) is 10.2 Å². The van der Waals surface area contributed by atoms with Gasteiger partial charge in [-0.15, -0.1) is 0 Å². The van der Waals surface area contributed by atoms with Gasteiger partial charge in [0.05, 0.1) is 6.61 Å². The van der Waals surface area contributed by atoms with Crippen molar-refractivity contribution in [2.45, 2.75) is 46.3 Å². The van der Waals surface area contributed by atoms with Crippen LogP contribution in [0.25, 0.3) is 0 Å². The van der Waals surface area contributed by atoms with E-state index >= 15 is 0 Å². The van der Waals surface area contributed by atoms with E-state index in [1.165, 1.54) is 17.5 Å². The van der Waals surface area contributed by atoms with Crippen molar-refractivity contribution in [3.05, 3.63) is 35.4 Å². The number of rotatable bonds is 10. The Hall–Kier alpha value is -0.900. The number of hydrogen-bond acceptors (Lipinski definition) is 3. The second kappa shape index (κ2) is 9.92.